The molecule has 1 heterocycles. The lowest BCUT2D eigenvalue weighted by molar-refractivity contribution is -0.384. The molecule has 0 saturated carbocycles. The fraction of sp³-hybridized carbons (Fsp3) is 0.250. The number of hydrogen-bond donors (Lipinski definition) is 2. The van der Waals surface area contributed by atoms with Crippen LogP contribution in [-0.4, -0.2) is 39.8 Å². The van der Waals surface area contributed by atoms with Gasteiger partial charge in [0, 0.05) is 23.2 Å². The number of non-ortho nitro benzene ring substituents is 1. The molecular formula is C24H25N5O6. The predicted molar refractivity (Wildman–Crippen MR) is 128 cm³/mol. The van der Waals surface area contributed by atoms with Gasteiger partial charge in [-0.05, 0) is 48.9 Å². The second kappa shape index (κ2) is 10.6. The van der Waals surface area contributed by atoms with E-state index in [0.29, 0.717) is 17.9 Å². The molecule has 3 aromatic rings. The average molecular weight is 479 g/mol. The van der Waals surface area contributed by atoms with Crippen molar-refractivity contribution >= 4 is 23.8 Å². The van der Waals surface area contributed by atoms with Gasteiger partial charge in [-0.15, -0.1) is 0 Å². The fourth-order valence-electron chi connectivity index (χ4n) is 2.88. The van der Waals surface area contributed by atoms with Crippen LogP contribution in [0.5, 0.6) is 11.5 Å². The lowest BCUT2D eigenvalue weighted by Crippen LogP contribution is -2.18. The molecule has 2 aromatic carbocycles. The number of benzene rings is 2. The second-order valence-electron chi connectivity index (χ2n) is 8.45. The zero-order valence-electron chi connectivity index (χ0n) is 19.7. The van der Waals surface area contributed by atoms with Crippen LogP contribution in [0.1, 0.15) is 59.8 Å². The van der Waals surface area contributed by atoms with Crippen molar-refractivity contribution in [1.29, 1.82) is 0 Å². The SMILES string of the molecule is CCOc1cc(/C=N/NC(=O)c2cc(C(C)(C)C)[nH]n2)ccc1OC(=O)c1ccc([N+](=O)[O-])cc1. The Morgan fingerprint density at radius 1 is 1.14 bits per heavy atom. The van der Waals surface area contributed by atoms with Crippen LogP contribution in [0.15, 0.2) is 53.6 Å². The van der Waals surface area contributed by atoms with E-state index in [1.54, 1.807) is 25.1 Å². The van der Waals surface area contributed by atoms with E-state index in [4.69, 9.17) is 9.47 Å². The number of ether oxygens (including phenoxy) is 2. The molecule has 182 valence electrons. The van der Waals surface area contributed by atoms with Crippen molar-refractivity contribution in [3.63, 3.8) is 0 Å². The number of rotatable bonds is 8. The number of nitro benzene ring substituents is 1. The molecule has 0 spiro atoms. The molecule has 0 unspecified atom stereocenters. The average Bonchev–Trinajstić information content (AvgIpc) is 3.32. The van der Waals surface area contributed by atoms with Crippen molar-refractivity contribution in [2.24, 2.45) is 5.10 Å². The van der Waals surface area contributed by atoms with Crippen LogP contribution in [0.4, 0.5) is 5.69 Å². The van der Waals surface area contributed by atoms with E-state index >= 15 is 0 Å². The van der Waals surface area contributed by atoms with Gasteiger partial charge in [0.05, 0.1) is 23.3 Å². The minimum absolute atomic E-state index is 0.130. The number of esters is 1. The second-order valence-corrected chi connectivity index (χ2v) is 8.45. The molecule has 0 atom stereocenters. The number of carbonyl (C=O) groups is 2. The number of nitrogens with zero attached hydrogens (tertiary/aromatic N) is 3. The summed E-state index contributed by atoms with van der Waals surface area (Å²) < 4.78 is 11.0. The Balaban J connectivity index is 1.68. The van der Waals surface area contributed by atoms with Crippen molar-refractivity contribution in [3.8, 4) is 11.5 Å². The Morgan fingerprint density at radius 3 is 2.46 bits per heavy atom. The van der Waals surface area contributed by atoms with Crippen molar-refractivity contribution in [2.75, 3.05) is 6.61 Å². The van der Waals surface area contributed by atoms with E-state index in [2.05, 4.69) is 20.7 Å². The number of carbonyl (C=O) groups excluding carboxylic acids is 2. The molecule has 0 saturated heterocycles. The molecular weight excluding hydrogens is 454 g/mol. The summed E-state index contributed by atoms with van der Waals surface area (Å²) in [6.07, 6.45) is 1.42. The molecule has 11 heteroatoms. The van der Waals surface area contributed by atoms with Crippen molar-refractivity contribution in [2.45, 2.75) is 33.1 Å². The topological polar surface area (TPSA) is 149 Å². The summed E-state index contributed by atoms with van der Waals surface area (Å²) in [4.78, 5) is 35.0. The maximum Gasteiger partial charge on any atom is 0.343 e. The summed E-state index contributed by atoms with van der Waals surface area (Å²) >= 11 is 0. The first-order chi connectivity index (χ1) is 16.6. The number of aromatic amines is 1. The van der Waals surface area contributed by atoms with Gasteiger partial charge in [-0.25, -0.2) is 10.2 Å². The quantitative estimate of drug-likeness (QED) is 0.163. The highest BCUT2D eigenvalue weighted by atomic mass is 16.6. The van der Waals surface area contributed by atoms with Crippen LogP contribution in [0, 0.1) is 10.1 Å². The molecule has 0 aliphatic rings. The molecule has 0 aliphatic heterocycles. The summed E-state index contributed by atoms with van der Waals surface area (Å²) in [5, 5.41) is 21.6. The third kappa shape index (κ3) is 6.50. The Morgan fingerprint density at radius 2 is 1.86 bits per heavy atom. The minimum atomic E-state index is -0.692. The number of hydrogen-bond acceptors (Lipinski definition) is 8. The number of nitro groups is 1. The van der Waals surface area contributed by atoms with E-state index in [1.165, 1.54) is 36.5 Å². The van der Waals surface area contributed by atoms with Crippen LogP contribution in [0.2, 0.25) is 0 Å². The van der Waals surface area contributed by atoms with E-state index in [-0.39, 0.29) is 28.1 Å². The van der Waals surface area contributed by atoms with E-state index in [0.717, 1.165) is 5.69 Å². The fourth-order valence-corrected chi connectivity index (χ4v) is 2.88. The molecule has 35 heavy (non-hydrogen) atoms. The van der Waals surface area contributed by atoms with Gasteiger partial charge < -0.3 is 9.47 Å². The van der Waals surface area contributed by atoms with Crippen molar-refractivity contribution in [1.82, 2.24) is 15.6 Å². The van der Waals surface area contributed by atoms with Gasteiger partial charge in [-0.3, -0.25) is 20.0 Å². The Hall–Kier alpha value is -4.54. The molecule has 0 aliphatic carbocycles. The van der Waals surface area contributed by atoms with Crippen LogP contribution in [0.25, 0.3) is 0 Å². The summed E-state index contributed by atoms with van der Waals surface area (Å²) in [7, 11) is 0. The highest BCUT2D eigenvalue weighted by molar-refractivity contribution is 5.93. The molecule has 0 bridgehead atoms. The third-order valence-corrected chi connectivity index (χ3v) is 4.78. The molecule has 0 radical (unpaired) electrons. The number of aromatic nitrogens is 2. The summed E-state index contributed by atoms with van der Waals surface area (Å²) in [6.45, 7) is 8.10. The zero-order valence-corrected chi connectivity index (χ0v) is 19.7. The van der Waals surface area contributed by atoms with E-state index in [1.807, 2.05) is 20.8 Å². The van der Waals surface area contributed by atoms with Gasteiger partial charge in [-0.2, -0.15) is 10.2 Å². The molecule has 11 nitrogen and oxygen atoms in total. The zero-order chi connectivity index (χ0) is 25.6. The van der Waals surface area contributed by atoms with E-state index < -0.39 is 16.8 Å². The molecule has 2 N–H and O–H groups in total. The molecule has 3 rings (SSSR count). The normalized spacial score (nSPS) is 11.3. The number of hydrazone groups is 1. The van der Waals surface area contributed by atoms with Crippen LogP contribution in [0.3, 0.4) is 0 Å². The number of amides is 1. The standard InChI is InChI=1S/C24H25N5O6/c1-5-34-20-12-15(14-25-28-22(30)18-13-21(27-26-18)24(2,3)4)6-11-19(20)35-23(31)16-7-9-17(10-8-16)29(32)33/h6-14H,5H2,1-4H3,(H,26,27)(H,28,30)/b25-14+. The van der Waals surface area contributed by atoms with Gasteiger partial charge >= 0.3 is 5.97 Å². The van der Waals surface area contributed by atoms with E-state index in [9.17, 15) is 19.7 Å². The Kier molecular flexibility index (Phi) is 7.59. The first-order valence-corrected chi connectivity index (χ1v) is 10.7. The first kappa shape index (κ1) is 25.1. The maximum absolute atomic E-state index is 12.5. The van der Waals surface area contributed by atoms with Crippen LogP contribution >= 0.6 is 0 Å². The van der Waals surface area contributed by atoms with Crippen LogP contribution in [-0.2, 0) is 5.41 Å². The lowest BCUT2D eigenvalue weighted by Gasteiger charge is -2.14. The monoisotopic (exact) mass is 479 g/mol. The van der Waals surface area contributed by atoms with Gasteiger partial charge in [-0.1, -0.05) is 20.8 Å². The largest absolute Gasteiger partial charge is 0.490 e. The summed E-state index contributed by atoms with van der Waals surface area (Å²) in [6, 6.07) is 11.5. The molecule has 1 aromatic heterocycles. The highest BCUT2D eigenvalue weighted by Crippen LogP contribution is 2.29. The van der Waals surface area contributed by atoms with Gasteiger partial charge in [0.2, 0.25) is 0 Å². The third-order valence-electron chi connectivity index (χ3n) is 4.78. The van der Waals surface area contributed by atoms with Gasteiger partial charge in [0.25, 0.3) is 11.6 Å². The summed E-state index contributed by atoms with van der Waals surface area (Å²) in [5.41, 5.74) is 3.90. The Bertz CT molecular complexity index is 1260. The lowest BCUT2D eigenvalue weighted by atomic mass is 9.92. The minimum Gasteiger partial charge on any atom is -0.490 e. The molecule has 0 fully saturated rings. The number of nitrogens with one attached hydrogen (secondary N) is 2. The van der Waals surface area contributed by atoms with Crippen LogP contribution < -0.4 is 14.9 Å². The van der Waals surface area contributed by atoms with Gasteiger partial charge in [0.1, 0.15) is 0 Å². The van der Waals surface area contributed by atoms with Crippen molar-refractivity contribution in [3.05, 3.63) is 81.2 Å². The maximum atomic E-state index is 12.5. The first-order valence-electron chi connectivity index (χ1n) is 10.7. The summed E-state index contributed by atoms with van der Waals surface area (Å²) in [5.74, 6) is -0.697. The van der Waals surface area contributed by atoms with Gasteiger partial charge in [0.15, 0.2) is 17.2 Å². The Labute approximate surface area is 201 Å². The highest BCUT2D eigenvalue weighted by Gasteiger charge is 2.19. The molecule has 1 amide bonds. The van der Waals surface area contributed by atoms with Crippen molar-refractivity contribution < 1.29 is 24.0 Å². The predicted octanol–water partition coefficient (Wildman–Crippen LogP) is 4.00. The smallest absolute Gasteiger partial charge is 0.343 e. The number of H-pyrrole nitrogens is 1.